The van der Waals surface area contributed by atoms with Crippen molar-refractivity contribution in [2.45, 2.75) is 32.4 Å². The molecule has 31 heavy (non-hydrogen) atoms. The highest BCUT2D eigenvalue weighted by atomic mass is 16.2. The van der Waals surface area contributed by atoms with Crippen LogP contribution in [0.15, 0.2) is 46.1 Å². The van der Waals surface area contributed by atoms with Gasteiger partial charge in [-0.2, -0.15) is 0 Å². The molecule has 1 aliphatic heterocycles. The van der Waals surface area contributed by atoms with Crippen LogP contribution in [0.4, 0.5) is 0 Å². The Morgan fingerprint density at radius 3 is 2.48 bits per heavy atom. The van der Waals surface area contributed by atoms with Crippen LogP contribution in [0.1, 0.15) is 40.7 Å². The SMILES string of the molecule is Cn1c(=O)c2cc(C(=O)NCc3ccccc3CN3CCCCC3)cnc2n(C)c1=O. The van der Waals surface area contributed by atoms with Crippen LogP contribution in [0, 0.1) is 0 Å². The number of aromatic nitrogens is 3. The summed E-state index contributed by atoms with van der Waals surface area (Å²) in [7, 11) is 2.96. The number of aryl methyl sites for hydroxylation is 1. The molecule has 0 bridgehead atoms. The number of piperidine rings is 1. The maximum Gasteiger partial charge on any atom is 0.332 e. The van der Waals surface area contributed by atoms with Crippen molar-refractivity contribution in [2.24, 2.45) is 14.1 Å². The van der Waals surface area contributed by atoms with E-state index in [2.05, 4.69) is 21.3 Å². The molecule has 1 N–H and O–H groups in total. The predicted molar refractivity (Wildman–Crippen MR) is 119 cm³/mol. The van der Waals surface area contributed by atoms with Crippen LogP contribution >= 0.6 is 0 Å². The van der Waals surface area contributed by atoms with Crippen molar-refractivity contribution in [3.05, 3.63) is 74.1 Å². The normalized spacial score (nSPS) is 14.6. The van der Waals surface area contributed by atoms with Crippen molar-refractivity contribution >= 4 is 16.9 Å². The number of amides is 1. The van der Waals surface area contributed by atoms with Crippen molar-refractivity contribution in [3.63, 3.8) is 0 Å². The highest BCUT2D eigenvalue weighted by Gasteiger charge is 2.15. The van der Waals surface area contributed by atoms with Gasteiger partial charge in [-0.1, -0.05) is 30.7 Å². The molecular formula is C23H27N5O3. The summed E-state index contributed by atoms with van der Waals surface area (Å²) in [5.74, 6) is -0.307. The average Bonchev–Trinajstić information content (AvgIpc) is 2.81. The molecule has 4 rings (SSSR count). The van der Waals surface area contributed by atoms with E-state index in [0.717, 1.165) is 29.8 Å². The Bertz CT molecular complexity index is 1240. The number of hydrogen-bond donors (Lipinski definition) is 1. The van der Waals surface area contributed by atoms with E-state index in [9.17, 15) is 14.4 Å². The molecule has 1 amide bonds. The van der Waals surface area contributed by atoms with Crippen LogP contribution in [0.3, 0.4) is 0 Å². The minimum absolute atomic E-state index is 0.239. The van der Waals surface area contributed by atoms with Gasteiger partial charge in [0.2, 0.25) is 0 Å². The molecule has 1 fully saturated rings. The molecule has 0 aliphatic carbocycles. The molecule has 0 spiro atoms. The van der Waals surface area contributed by atoms with Gasteiger partial charge in [0.1, 0.15) is 5.65 Å². The van der Waals surface area contributed by atoms with E-state index >= 15 is 0 Å². The van der Waals surface area contributed by atoms with Gasteiger partial charge >= 0.3 is 5.69 Å². The summed E-state index contributed by atoms with van der Waals surface area (Å²) in [6.07, 6.45) is 5.17. The number of hydrogen-bond acceptors (Lipinski definition) is 5. The quantitative estimate of drug-likeness (QED) is 0.675. The number of carbonyl (C=O) groups excluding carboxylic acids is 1. The molecule has 3 aromatic rings. The summed E-state index contributed by atoms with van der Waals surface area (Å²) < 4.78 is 2.32. The van der Waals surface area contributed by atoms with Gasteiger partial charge in [-0.3, -0.25) is 23.6 Å². The van der Waals surface area contributed by atoms with E-state index in [4.69, 9.17) is 0 Å². The van der Waals surface area contributed by atoms with Crippen molar-refractivity contribution in [2.75, 3.05) is 13.1 Å². The minimum Gasteiger partial charge on any atom is -0.348 e. The van der Waals surface area contributed by atoms with Crippen molar-refractivity contribution in [1.29, 1.82) is 0 Å². The zero-order chi connectivity index (χ0) is 22.0. The summed E-state index contributed by atoms with van der Waals surface area (Å²) >= 11 is 0. The maximum atomic E-state index is 12.8. The lowest BCUT2D eigenvalue weighted by atomic mass is 10.0. The fraction of sp³-hybridized carbons (Fsp3) is 0.391. The van der Waals surface area contributed by atoms with Crippen molar-refractivity contribution in [3.8, 4) is 0 Å². The van der Waals surface area contributed by atoms with Gasteiger partial charge in [-0.15, -0.1) is 0 Å². The van der Waals surface area contributed by atoms with Gasteiger partial charge in [0.25, 0.3) is 11.5 Å². The Morgan fingerprint density at radius 1 is 1.03 bits per heavy atom. The van der Waals surface area contributed by atoms with Gasteiger partial charge < -0.3 is 5.32 Å². The molecule has 8 nitrogen and oxygen atoms in total. The van der Waals surface area contributed by atoms with Crippen LogP contribution in [-0.4, -0.2) is 38.0 Å². The minimum atomic E-state index is -0.466. The highest BCUT2D eigenvalue weighted by Crippen LogP contribution is 2.16. The first-order valence-electron chi connectivity index (χ1n) is 10.6. The first-order chi connectivity index (χ1) is 15.0. The van der Waals surface area contributed by atoms with E-state index < -0.39 is 11.2 Å². The summed E-state index contributed by atoms with van der Waals surface area (Å²) in [4.78, 5) is 43.9. The van der Waals surface area contributed by atoms with E-state index in [-0.39, 0.29) is 22.5 Å². The van der Waals surface area contributed by atoms with Crippen LogP contribution < -0.4 is 16.6 Å². The monoisotopic (exact) mass is 421 g/mol. The number of carbonyl (C=O) groups is 1. The van der Waals surface area contributed by atoms with Gasteiger partial charge in [-0.05, 0) is 43.1 Å². The molecule has 1 aliphatic rings. The maximum absolute atomic E-state index is 12.8. The van der Waals surface area contributed by atoms with Gasteiger partial charge in [0.15, 0.2) is 0 Å². The zero-order valence-corrected chi connectivity index (χ0v) is 17.9. The lowest BCUT2D eigenvalue weighted by Crippen LogP contribution is -2.37. The lowest BCUT2D eigenvalue weighted by Gasteiger charge is -2.27. The third-order valence-electron chi connectivity index (χ3n) is 5.96. The number of rotatable bonds is 5. The van der Waals surface area contributed by atoms with Crippen LogP contribution in [-0.2, 0) is 27.2 Å². The molecule has 0 radical (unpaired) electrons. The fourth-order valence-corrected chi connectivity index (χ4v) is 4.11. The first kappa shape index (κ1) is 21.0. The topological polar surface area (TPSA) is 89.2 Å². The molecule has 1 saturated heterocycles. The number of nitrogens with zero attached hydrogens (tertiary/aromatic N) is 4. The average molecular weight is 422 g/mol. The van der Waals surface area contributed by atoms with Crippen LogP contribution in [0.5, 0.6) is 0 Å². The number of pyridine rings is 1. The van der Waals surface area contributed by atoms with E-state index in [1.165, 1.54) is 48.7 Å². The number of nitrogens with one attached hydrogen (secondary N) is 1. The molecule has 8 heteroatoms. The zero-order valence-electron chi connectivity index (χ0n) is 17.9. The van der Waals surface area contributed by atoms with E-state index in [1.54, 1.807) is 7.05 Å². The second-order valence-corrected chi connectivity index (χ2v) is 8.09. The molecular weight excluding hydrogens is 394 g/mol. The summed E-state index contributed by atoms with van der Waals surface area (Å²) in [6, 6.07) is 9.64. The van der Waals surface area contributed by atoms with Gasteiger partial charge in [0.05, 0.1) is 10.9 Å². The Kier molecular flexibility index (Phi) is 5.99. The highest BCUT2D eigenvalue weighted by molar-refractivity contribution is 5.96. The Balaban J connectivity index is 1.52. The summed E-state index contributed by atoms with van der Waals surface area (Å²) in [6.45, 7) is 3.50. The molecule has 0 saturated carbocycles. The van der Waals surface area contributed by atoms with E-state index in [0.29, 0.717) is 6.54 Å². The van der Waals surface area contributed by atoms with Gasteiger partial charge in [0, 0.05) is 33.4 Å². The molecule has 3 heterocycles. The summed E-state index contributed by atoms with van der Waals surface area (Å²) in [5, 5.41) is 3.18. The van der Waals surface area contributed by atoms with E-state index in [1.807, 2.05) is 18.2 Å². The smallest absolute Gasteiger partial charge is 0.332 e. The van der Waals surface area contributed by atoms with Gasteiger partial charge in [-0.25, -0.2) is 9.78 Å². The van der Waals surface area contributed by atoms with Crippen LogP contribution in [0.25, 0.3) is 11.0 Å². The Labute approximate surface area is 180 Å². The number of fused-ring (bicyclic) bond motifs is 1. The second-order valence-electron chi connectivity index (χ2n) is 8.09. The third-order valence-corrected chi connectivity index (χ3v) is 5.96. The second kappa shape index (κ2) is 8.85. The molecule has 0 atom stereocenters. The number of benzene rings is 1. The van der Waals surface area contributed by atoms with Crippen molar-refractivity contribution < 1.29 is 4.79 Å². The van der Waals surface area contributed by atoms with Crippen molar-refractivity contribution in [1.82, 2.24) is 24.3 Å². The third kappa shape index (κ3) is 4.29. The fourth-order valence-electron chi connectivity index (χ4n) is 4.11. The molecule has 162 valence electrons. The molecule has 1 aromatic carbocycles. The lowest BCUT2D eigenvalue weighted by molar-refractivity contribution is 0.0950. The standard InChI is InChI=1S/C23H27N5O3/c1-26-20-19(22(30)27(2)23(26)31)12-18(14-24-20)21(29)25-13-16-8-4-5-9-17(16)15-28-10-6-3-7-11-28/h4-5,8-9,12,14H,3,6-7,10-11,13,15H2,1-2H3,(H,25,29). The Morgan fingerprint density at radius 2 is 1.74 bits per heavy atom. The molecule has 0 unspecified atom stereocenters. The summed E-state index contributed by atoms with van der Waals surface area (Å²) in [5.41, 5.74) is 1.92. The Hall–Kier alpha value is -3.26. The van der Waals surface area contributed by atoms with Crippen LogP contribution in [0.2, 0.25) is 0 Å². The predicted octanol–water partition coefficient (Wildman–Crippen LogP) is 1.55. The molecule has 2 aromatic heterocycles. The largest absolute Gasteiger partial charge is 0.348 e. The first-order valence-corrected chi connectivity index (χ1v) is 10.6. The number of likely N-dealkylation sites (tertiary alicyclic amines) is 1.